The molecule has 1 saturated carbocycles. The Kier molecular flexibility index (Phi) is 5.01. The fourth-order valence-corrected chi connectivity index (χ4v) is 2.84. The third-order valence-electron chi connectivity index (χ3n) is 4.08. The highest BCUT2D eigenvalue weighted by Gasteiger charge is 2.34. The Hall–Kier alpha value is -0.610. The predicted molar refractivity (Wildman–Crippen MR) is 73.2 cm³/mol. The first kappa shape index (κ1) is 13.8. The molecule has 1 amide bonds. The van der Waals surface area contributed by atoms with Gasteiger partial charge in [0.15, 0.2) is 0 Å². The molecular weight excluding hydrogens is 226 g/mol. The minimum Gasteiger partial charge on any atom is -0.356 e. The lowest BCUT2D eigenvalue weighted by atomic mass is 10.1. The normalized spacial score (nSPS) is 26.2. The second kappa shape index (κ2) is 6.53. The van der Waals surface area contributed by atoms with Crippen LogP contribution in [0.2, 0.25) is 0 Å². The van der Waals surface area contributed by atoms with Crippen LogP contribution in [0.1, 0.15) is 45.4 Å². The summed E-state index contributed by atoms with van der Waals surface area (Å²) in [6.07, 6.45) is 6.46. The lowest BCUT2D eigenvalue weighted by Gasteiger charge is -2.16. The maximum absolute atomic E-state index is 11.7. The molecular formula is C14H27N3O. The smallest absolute Gasteiger partial charge is 0.221 e. The summed E-state index contributed by atoms with van der Waals surface area (Å²) in [5.41, 5.74) is 5.87. The summed E-state index contributed by atoms with van der Waals surface area (Å²) in [6.45, 7) is 5.33. The summed E-state index contributed by atoms with van der Waals surface area (Å²) in [5, 5.41) is 3.05. The molecule has 0 bridgehead atoms. The highest BCUT2D eigenvalue weighted by Crippen LogP contribution is 2.31. The van der Waals surface area contributed by atoms with Crippen LogP contribution in [0.15, 0.2) is 0 Å². The fourth-order valence-electron chi connectivity index (χ4n) is 2.84. The topological polar surface area (TPSA) is 58.4 Å². The van der Waals surface area contributed by atoms with E-state index in [1.807, 2.05) is 0 Å². The van der Waals surface area contributed by atoms with Crippen LogP contribution in [0.3, 0.4) is 0 Å². The van der Waals surface area contributed by atoms with E-state index in [9.17, 15) is 4.79 Å². The Morgan fingerprint density at radius 2 is 2.22 bits per heavy atom. The van der Waals surface area contributed by atoms with Crippen LogP contribution in [0.4, 0.5) is 0 Å². The molecule has 0 aromatic carbocycles. The number of hydrogen-bond donors (Lipinski definition) is 2. The molecule has 4 nitrogen and oxygen atoms in total. The van der Waals surface area contributed by atoms with Crippen LogP contribution in [0, 0.1) is 5.92 Å². The summed E-state index contributed by atoms with van der Waals surface area (Å²) in [6, 6.07) is 0.894. The van der Waals surface area contributed by atoms with Crippen LogP contribution in [-0.2, 0) is 4.79 Å². The summed E-state index contributed by atoms with van der Waals surface area (Å²) in [5.74, 6) is 0.776. The van der Waals surface area contributed by atoms with Crippen LogP contribution in [0.25, 0.3) is 0 Å². The van der Waals surface area contributed by atoms with Gasteiger partial charge >= 0.3 is 0 Å². The van der Waals surface area contributed by atoms with Crippen LogP contribution in [0.5, 0.6) is 0 Å². The number of carbonyl (C=O) groups excluding carboxylic acids is 1. The number of likely N-dealkylation sites (tertiary alicyclic amines) is 1. The van der Waals surface area contributed by atoms with Crippen molar-refractivity contribution < 1.29 is 4.79 Å². The zero-order valence-corrected chi connectivity index (χ0v) is 11.5. The average Bonchev–Trinajstić information content (AvgIpc) is 3.06. The number of hydrogen-bond acceptors (Lipinski definition) is 3. The molecule has 104 valence electrons. The van der Waals surface area contributed by atoms with Crippen molar-refractivity contribution >= 4 is 5.91 Å². The summed E-state index contributed by atoms with van der Waals surface area (Å²) < 4.78 is 0. The Balaban J connectivity index is 1.58. The average molecular weight is 253 g/mol. The molecule has 4 heteroatoms. The number of rotatable bonds is 7. The van der Waals surface area contributed by atoms with Gasteiger partial charge in [-0.1, -0.05) is 13.3 Å². The fraction of sp³-hybridized carbons (Fsp3) is 0.929. The first-order chi connectivity index (χ1) is 8.69. The SMILES string of the molecule is CCCC(N)CC(=O)NCC1CCN(C2CC2)C1. The first-order valence-corrected chi connectivity index (χ1v) is 7.45. The van der Waals surface area contributed by atoms with Gasteiger partial charge in [-0.3, -0.25) is 4.79 Å². The van der Waals surface area contributed by atoms with Gasteiger partial charge in [-0.05, 0) is 38.1 Å². The molecule has 2 aliphatic rings. The van der Waals surface area contributed by atoms with Gasteiger partial charge in [0.25, 0.3) is 0 Å². The van der Waals surface area contributed by atoms with E-state index >= 15 is 0 Å². The van der Waals surface area contributed by atoms with Crippen LogP contribution < -0.4 is 11.1 Å². The van der Waals surface area contributed by atoms with Crippen molar-refractivity contribution in [1.29, 1.82) is 0 Å². The second-order valence-corrected chi connectivity index (χ2v) is 5.94. The first-order valence-electron chi connectivity index (χ1n) is 7.45. The van der Waals surface area contributed by atoms with Crippen LogP contribution >= 0.6 is 0 Å². The molecule has 2 unspecified atom stereocenters. The van der Waals surface area contributed by atoms with E-state index in [1.54, 1.807) is 0 Å². The van der Waals surface area contributed by atoms with Gasteiger partial charge in [0, 0.05) is 31.6 Å². The monoisotopic (exact) mass is 253 g/mol. The number of nitrogens with two attached hydrogens (primary N) is 1. The van der Waals surface area contributed by atoms with Gasteiger partial charge in [0.2, 0.25) is 5.91 Å². The summed E-state index contributed by atoms with van der Waals surface area (Å²) >= 11 is 0. The van der Waals surface area contributed by atoms with E-state index in [0.717, 1.165) is 25.4 Å². The Bertz CT molecular complexity index is 278. The molecule has 1 aliphatic heterocycles. The van der Waals surface area contributed by atoms with E-state index in [2.05, 4.69) is 17.1 Å². The maximum atomic E-state index is 11.7. The summed E-state index contributed by atoms with van der Waals surface area (Å²) in [4.78, 5) is 14.3. The molecule has 18 heavy (non-hydrogen) atoms. The Morgan fingerprint density at radius 1 is 1.44 bits per heavy atom. The molecule has 2 fully saturated rings. The standard InChI is InChI=1S/C14H27N3O/c1-2-3-12(15)8-14(18)16-9-11-6-7-17(10-11)13-4-5-13/h11-13H,2-10,15H2,1H3,(H,16,18). The van der Waals surface area contributed by atoms with Crippen molar-refractivity contribution in [3.8, 4) is 0 Å². The van der Waals surface area contributed by atoms with Gasteiger partial charge in [0.1, 0.15) is 0 Å². The molecule has 0 spiro atoms. The largest absolute Gasteiger partial charge is 0.356 e. The van der Waals surface area contributed by atoms with Gasteiger partial charge in [0.05, 0.1) is 0 Å². The van der Waals surface area contributed by atoms with Crippen molar-refractivity contribution in [1.82, 2.24) is 10.2 Å². The van der Waals surface area contributed by atoms with Crippen molar-refractivity contribution in [2.75, 3.05) is 19.6 Å². The van der Waals surface area contributed by atoms with E-state index in [0.29, 0.717) is 12.3 Å². The third-order valence-corrected chi connectivity index (χ3v) is 4.08. The maximum Gasteiger partial charge on any atom is 0.221 e. The highest BCUT2D eigenvalue weighted by atomic mass is 16.1. The summed E-state index contributed by atoms with van der Waals surface area (Å²) in [7, 11) is 0. The molecule has 2 atom stereocenters. The van der Waals surface area contributed by atoms with Crippen molar-refractivity contribution in [3.05, 3.63) is 0 Å². The molecule has 1 heterocycles. The molecule has 0 radical (unpaired) electrons. The molecule has 0 aromatic rings. The van der Waals surface area contributed by atoms with E-state index in [-0.39, 0.29) is 11.9 Å². The molecule has 1 aliphatic carbocycles. The van der Waals surface area contributed by atoms with Gasteiger partial charge in [-0.25, -0.2) is 0 Å². The van der Waals surface area contributed by atoms with E-state index < -0.39 is 0 Å². The van der Waals surface area contributed by atoms with Crippen molar-refractivity contribution in [2.24, 2.45) is 11.7 Å². The van der Waals surface area contributed by atoms with E-state index in [4.69, 9.17) is 5.73 Å². The number of nitrogens with zero attached hydrogens (tertiary/aromatic N) is 1. The van der Waals surface area contributed by atoms with Crippen LogP contribution in [-0.4, -0.2) is 42.5 Å². The third kappa shape index (κ3) is 4.25. The quantitative estimate of drug-likeness (QED) is 0.714. The van der Waals surface area contributed by atoms with Gasteiger partial charge in [-0.2, -0.15) is 0 Å². The zero-order chi connectivity index (χ0) is 13.0. The van der Waals surface area contributed by atoms with E-state index in [1.165, 1.54) is 32.4 Å². The second-order valence-electron chi connectivity index (χ2n) is 5.94. The predicted octanol–water partition coefficient (Wildman–Crippen LogP) is 1.10. The lowest BCUT2D eigenvalue weighted by molar-refractivity contribution is -0.121. The Labute approximate surface area is 110 Å². The molecule has 0 aromatic heterocycles. The molecule has 1 saturated heterocycles. The number of carbonyl (C=O) groups is 1. The minimum absolute atomic E-state index is 0.0292. The molecule has 2 rings (SSSR count). The minimum atomic E-state index is 0.0292. The van der Waals surface area contributed by atoms with Gasteiger partial charge in [-0.15, -0.1) is 0 Å². The Morgan fingerprint density at radius 3 is 2.89 bits per heavy atom. The number of nitrogens with one attached hydrogen (secondary N) is 1. The highest BCUT2D eigenvalue weighted by molar-refractivity contribution is 5.76. The molecule has 3 N–H and O–H groups in total. The van der Waals surface area contributed by atoms with Gasteiger partial charge < -0.3 is 16.0 Å². The lowest BCUT2D eigenvalue weighted by Crippen LogP contribution is -2.35. The zero-order valence-electron chi connectivity index (χ0n) is 11.5. The number of amides is 1. The van der Waals surface area contributed by atoms with Crippen molar-refractivity contribution in [2.45, 2.75) is 57.5 Å². The van der Waals surface area contributed by atoms with Crippen molar-refractivity contribution in [3.63, 3.8) is 0 Å².